The largest absolute Gasteiger partial charge is 0.389 e. The Labute approximate surface area is 226 Å². The second-order valence-electron chi connectivity index (χ2n) is 8.98. The minimum atomic E-state index is -0.881. The van der Waals surface area contributed by atoms with Crippen LogP contribution in [0, 0.1) is 11.8 Å². The van der Waals surface area contributed by atoms with Crippen LogP contribution in [-0.2, 0) is 4.79 Å². The molecule has 0 radical (unpaired) electrons. The lowest BCUT2D eigenvalue weighted by Gasteiger charge is -2.39. The molecule has 0 atom stereocenters. The summed E-state index contributed by atoms with van der Waals surface area (Å²) in [5.41, 5.74) is 0.270. The van der Waals surface area contributed by atoms with E-state index in [1.54, 1.807) is 25.3 Å². The number of pyridine rings is 1. The molecule has 1 aromatic rings. The Morgan fingerprint density at radius 3 is 2.08 bits per heavy atom. The smallest absolute Gasteiger partial charge is 0.270 e. The molecule has 2 saturated heterocycles. The molecule has 3 heterocycles. The highest BCUT2D eigenvalue weighted by Crippen LogP contribution is 2.27. The summed E-state index contributed by atoms with van der Waals surface area (Å²) >= 11 is 0. The Morgan fingerprint density at radius 2 is 1.62 bits per heavy atom. The van der Waals surface area contributed by atoms with Crippen LogP contribution in [-0.4, -0.2) is 76.1 Å². The molecule has 7 heteroatoms. The number of likely N-dealkylation sites (tertiary alicyclic amines) is 2. The number of aliphatic hydroxyl groups is 1. The number of carbonyl (C=O) groups is 2. The first-order chi connectivity index (χ1) is 17.8. The fourth-order valence-electron chi connectivity index (χ4n) is 4.13. The van der Waals surface area contributed by atoms with Gasteiger partial charge in [-0.2, -0.15) is 0 Å². The number of hydrogen-bond donors (Lipinski definition) is 2. The first kappa shape index (κ1) is 34.6. The van der Waals surface area contributed by atoms with Crippen molar-refractivity contribution in [1.29, 1.82) is 0 Å². The fourth-order valence-corrected chi connectivity index (χ4v) is 4.13. The Hall–Kier alpha value is -2.43. The van der Waals surface area contributed by atoms with Gasteiger partial charge in [-0.3, -0.25) is 9.59 Å². The summed E-state index contributed by atoms with van der Waals surface area (Å²) < 4.78 is 0. The minimum Gasteiger partial charge on any atom is -0.389 e. The monoisotopic (exact) mass is 516 g/mol. The molecule has 2 aliphatic rings. The lowest BCUT2D eigenvalue weighted by atomic mass is 9.87. The van der Waals surface area contributed by atoms with Gasteiger partial charge in [0.15, 0.2) is 0 Å². The van der Waals surface area contributed by atoms with E-state index in [-0.39, 0.29) is 24.3 Å². The number of aromatic nitrogens is 1. The highest BCUT2D eigenvalue weighted by molar-refractivity contribution is 5.92. The van der Waals surface area contributed by atoms with Crippen LogP contribution in [0.25, 0.3) is 0 Å². The van der Waals surface area contributed by atoms with Crippen LogP contribution >= 0.6 is 0 Å². The summed E-state index contributed by atoms with van der Waals surface area (Å²) in [6, 6.07) is 3.49. The van der Waals surface area contributed by atoms with Crippen LogP contribution < -0.4 is 5.32 Å². The number of piperidine rings is 2. The molecule has 0 bridgehead atoms. The maximum Gasteiger partial charge on any atom is 0.270 e. The third-order valence-corrected chi connectivity index (χ3v) is 6.16. The standard InChI is InChI=1S/C23H32N4O3.C3H8.2C2H6/c1-3-5-18-6-7-20(24-17-18)22(29)25-19-8-12-27(13-9-19)21(28)16-23(30)10-14-26(4-2)15-11-23;1-3-2;2*1-2/h6-7,17,19,30H,4,8-16H2,1-2H3,(H,25,29);3H2,1-2H3;2*1-2H3. The lowest BCUT2D eigenvalue weighted by Crippen LogP contribution is -2.50. The van der Waals surface area contributed by atoms with Crippen molar-refractivity contribution in [3.05, 3.63) is 29.6 Å². The maximum atomic E-state index is 12.7. The van der Waals surface area contributed by atoms with E-state index in [2.05, 4.69) is 47.8 Å². The highest BCUT2D eigenvalue weighted by Gasteiger charge is 2.36. The average molecular weight is 517 g/mol. The zero-order valence-electron chi connectivity index (χ0n) is 24.7. The Bertz CT molecular complexity index is 813. The molecule has 7 nitrogen and oxygen atoms in total. The van der Waals surface area contributed by atoms with Crippen molar-refractivity contribution in [3.8, 4) is 11.8 Å². The summed E-state index contributed by atoms with van der Waals surface area (Å²) in [7, 11) is 0. The van der Waals surface area contributed by atoms with E-state index in [0.29, 0.717) is 44.5 Å². The molecular weight excluding hydrogens is 464 g/mol. The third-order valence-electron chi connectivity index (χ3n) is 6.16. The summed E-state index contributed by atoms with van der Waals surface area (Å²) in [6.45, 7) is 20.0. The molecule has 2 amide bonds. The van der Waals surface area contributed by atoms with Crippen LogP contribution in [0.1, 0.15) is 110 Å². The van der Waals surface area contributed by atoms with Gasteiger partial charge in [-0.25, -0.2) is 4.98 Å². The van der Waals surface area contributed by atoms with Gasteiger partial charge in [0.2, 0.25) is 5.91 Å². The molecule has 3 rings (SSSR count). The van der Waals surface area contributed by atoms with Crippen molar-refractivity contribution in [2.45, 2.75) is 106 Å². The van der Waals surface area contributed by atoms with E-state index >= 15 is 0 Å². The number of nitrogens with one attached hydrogen (secondary N) is 1. The fraction of sp³-hybridized carbons (Fsp3) is 0.700. The van der Waals surface area contributed by atoms with Gasteiger partial charge in [0.25, 0.3) is 5.91 Å². The second-order valence-corrected chi connectivity index (χ2v) is 8.98. The Morgan fingerprint density at radius 1 is 1.05 bits per heavy atom. The van der Waals surface area contributed by atoms with Gasteiger partial charge in [-0.15, -0.1) is 5.92 Å². The third kappa shape index (κ3) is 12.6. The molecule has 210 valence electrons. The molecule has 0 aliphatic carbocycles. The molecule has 2 aliphatic heterocycles. The lowest BCUT2D eigenvalue weighted by molar-refractivity contribution is -0.139. The van der Waals surface area contributed by atoms with Crippen LogP contribution in [0.2, 0.25) is 0 Å². The van der Waals surface area contributed by atoms with Crippen LogP contribution in [0.3, 0.4) is 0 Å². The van der Waals surface area contributed by atoms with Gasteiger partial charge in [0.1, 0.15) is 5.69 Å². The Balaban J connectivity index is 0.00000169. The molecule has 0 saturated carbocycles. The average Bonchev–Trinajstić information content (AvgIpc) is 2.92. The van der Waals surface area contributed by atoms with Gasteiger partial charge in [-0.1, -0.05) is 60.8 Å². The van der Waals surface area contributed by atoms with Crippen molar-refractivity contribution in [1.82, 2.24) is 20.1 Å². The van der Waals surface area contributed by atoms with E-state index < -0.39 is 5.60 Å². The van der Waals surface area contributed by atoms with Crippen molar-refractivity contribution in [2.75, 3.05) is 32.7 Å². The SMILES string of the molecule is CC.CC.CC#Cc1ccc(C(=O)NC2CCN(C(=O)CC3(O)CCN(CC)CC3)CC2)nc1.CCC. The molecule has 0 spiro atoms. The summed E-state index contributed by atoms with van der Waals surface area (Å²) in [4.78, 5) is 33.4. The number of nitrogens with zero attached hydrogens (tertiary/aromatic N) is 3. The summed E-state index contributed by atoms with van der Waals surface area (Å²) in [6.07, 6.45) is 5.75. The van der Waals surface area contributed by atoms with E-state index in [4.69, 9.17) is 0 Å². The predicted octanol–water partition coefficient (Wildman–Crippen LogP) is 4.88. The predicted molar refractivity (Wildman–Crippen MR) is 153 cm³/mol. The van der Waals surface area contributed by atoms with E-state index in [1.165, 1.54) is 6.42 Å². The molecule has 0 aromatic carbocycles. The van der Waals surface area contributed by atoms with Crippen molar-refractivity contribution in [2.24, 2.45) is 0 Å². The zero-order chi connectivity index (χ0) is 28.3. The van der Waals surface area contributed by atoms with E-state index in [0.717, 1.165) is 25.2 Å². The van der Waals surface area contributed by atoms with E-state index in [9.17, 15) is 14.7 Å². The normalized spacial score (nSPS) is 16.7. The highest BCUT2D eigenvalue weighted by atomic mass is 16.3. The van der Waals surface area contributed by atoms with Gasteiger partial charge < -0.3 is 20.2 Å². The molecule has 0 unspecified atom stereocenters. The Kier molecular flexibility index (Phi) is 18.4. The van der Waals surface area contributed by atoms with E-state index in [1.807, 2.05) is 32.6 Å². The first-order valence-corrected chi connectivity index (χ1v) is 14.3. The molecule has 2 N–H and O–H groups in total. The second kappa shape index (κ2) is 19.7. The van der Waals surface area contributed by atoms with Crippen LogP contribution in [0.4, 0.5) is 0 Å². The molecule has 1 aromatic heterocycles. The minimum absolute atomic E-state index is 0.0153. The summed E-state index contributed by atoms with van der Waals surface area (Å²) in [5, 5.41) is 13.8. The number of hydrogen-bond acceptors (Lipinski definition) is 5. The van der Waals surface area contributed by atoms with Crippen molar-refractivity contribution < 1.29 is 14.7 Å². The molecule has 37 heavy (non-hydrogen) atoms. The quantitative estimate of drug-likeness (QED) is 0.545. The zero-order valence-corrected chi connectivity index (χ0v) is 24.7. The molecule has 2 fully saturated rings. The number of carbonyl (C=O) groups excluding carboxylic acids is 2. The van der Waals surface area contributed by atoms with Crippen molar-refractivity contribution in [3.63, 3.8) is 0 Å². The maximum absolute atomic E-state index is 12.7. The van der Waals surface area contributed by atoms with Crippen LogP contribution in [0.5, 0.6) is 0 Å². The first-order valence-electron chi connectivity index (χ1n) is 14.3. The number of rotatable bonds is 5. The number of amides is 2. The van der Waals surface area contributed by atoms with Gasteiger partial charge >= 0.3 is 0 Å². The van der Waals surface area contributed by atoms with Gasteiger partial charge in [-0.05, 0) is 51.3 Å². The van der Waals surface area contributed by atoms with Gasteiger partial charge in [0, 0.05) is 44.0 Å². The van der Waals surface area contributed by atoms with Crippen LogP contribution in [0.15, 0.2) is 18.3 Å². The topological polar surface area (TPSA) is 85.8 Å². The van der Waals surface area contributed by atoms with Gasteiger partial charge in [0.05, 0.1) is 12.0 Å². The summed E-state index contributed by atoms with van der Waals surface area (Å²) in [5.74, 6) is 5.52. The molecular formula is C30H52N4O3. The van der Waals surface area contributed by atoms with Crippen molar-refractivity contribution >= 4 is 11.8 Å².